The lowest BCUT2D eigenvalue weighted by Crippen LogP contribution is -2.24. The van der Waals surface area contributed by atoms with Crippen molar-refractivity contribution in [3.05, 3.63) is 24.3 Å². The van der Waals surface area contributed by atoms with Gasteiger partial charge in [0.1, 0.15) is 4.90 Å². The highest BCUT2D eigenvalue weighted by atomic mass is 32.2. The van der Waals surface area contributed by atoms with E-state index in [4.69, 9.17) is 10.2 Å². The van der Waals surface area contributed by atoms with Crippen LogP contribution in [0.3, 0.4) is 0 Å². The Balaban J connectivity index is 3.00. The van der Waals surface area contributed by atoms with Crippen molar-refractivity contribution in [1.29, 1.82) is 0 Å². The molecule has 0 aliphatic rings. The quantitative estimate of drug-likeness (QED) is 0.715. The largest absolute Gasteiger partial charge is 0.481 e. The molecule has 1 aromatic carbocycles. The molecule has 0 saturated carbocycles. The molecule has 4 N–H and O–H groups in total. The van der Waals surface area contributed by atoms with Gasteiger partial charge in [-0.05, 0) is 18.6 Å². The van der Waals surface area contributed by atoms with Gasteiger partial charge in [0.2, 0.25) is 10.0 Å². The highest BCUT2D eigenvalue weighted by molar-refractivity contribution is 7.89. The molecule has 1 unspecified atom stereocenters. The first kappa shape index (κ1) is 14.5. The van der Waals surface area contributed by atoms with Gasteiger partial charge in [-0.2, -0.15) is 0 Å². The molecule has 18 heavy (non-hydrogen) atoms. The SMILES string of the molecule is CCC(CC(=O)O)Nc1ccccc1S(N)(=O)=O. The Kier molecular flexibility index (Phi) is 4.69. The fraction of sp³-hybridized carbons (Fsp3) is 0.364. The average Bonchev–Trinajstić information content (AvgIpc) is 2.26. The number of sulfonamides is 1. The molecule has 7 heteroatoms. The molecule has 0 saturated heterocycles. The first-order valence-corrected chi connectivity index (χ1v) is 6.99. The fourth-order valence-corrected chi connectivity index (χ4v) is 2.26. The number of nitrogens with two attached hydrogens (primary N) is 1. The van der Waals surface area contributed by atoms with Crippen LogP contribution in [0.15, 0.2) is 29.2 Å². The van der Waals surface area contributed by atoms with Crippen molar-refractivity contribution in [2.45, 2.75) is 30.7 Å². The maximum Gasteiger partial charge on any atom is 0.305 e. The number of carboxylic acid groups (broad SMARTS) is 1. The Morgan fingerprint density at radius 1 is 1.44 bits per heavy atom. The first-order chi connectivity index (χ1) is 8.34. The van der Waals surface area contributed by atoms with E-state index in [-0.39, 0.29) is 17.4 Å². The van der Waals surface area contributed by atoms with Gasteiger partial charge in [-0.1, -0.05) is 19.1 Å². The van der Waals surface area contributed by atoms with Gasteiger partial charge in [0.05, 0.1) is 12.1 Å². The summed E-state index contributed by atoms with van der Waals surface area (Å²) < 4.78 is 22.7. The van der Waals surface area contributed by atoms with Gasteiger partial charge in [0, 0.05) is 6.04 Å². The number of anilines is 1. The first-order valence-electron chi connectivity index (χ1n) is 5.44. The van der Waals surface area contributed by atoms with Crippen LogP contribution in [0, 0.1) is 0 Å². The summed E-state index contributed by atoms with van der Waals surface area (Å²) in [4.78, 5) is 10.6. The number of rotatable bonds is 6. The van der Waals surface area contributed by atoms with Crippen molar-refractivity contribution >= 4 is 21.7 Å². The van der Waals surface area contributed by atoms with Crippen LogP contribution in [0.1, 0.15) is 19.8 Å². The van der Waals surface area contributed by atoms with E-state index in [9.17, 15) is 13.2 Å². The number of hydrogen-bond donors (Lipinski definition) is 3. The Morgan fingerprint density at radius 2 is 2.06 bits per heavy atom. The number of carboxylic acids is 1. The predicted molar refractivity (Wildman–Crippen MR) is 67.8 cm³/mol. The van der Waals surface area contributed by atoms with Crippen LogP contribution in [-0.4, -0.2) is 25.5 Å². The maximum absolute atomic E-state index is 11.4. The van der Waals surface area contributed by atoms with Gasteiger partial charge in [0.25, 0.3) is 0 Å². The Labute approximate surface area is 106 Å². The van der Waals surface area contributed by atoms with E-state index in [1.807, 2.05) is 6.92 Å². The molecule has 0 aliphatic carbocycles. The lowest BCUT2D eigenvalue weighted by atomic mass is 10.1. The van der Waals surface area contributed by atoms with E-state index in [1.165, 1.54) is 6.07 Å². The van der Waals surface area contributed by atoms with Crippen molar-refractivity contribution < 1.29 is 18.3 Å². The molecule has 0 radical (unpaired) electrons. The number of primary sulfonamides is 1. The second kappa shape index (κ2) is 5.83. The van der Waals surface area contributed by atoms with Gasteiger partial charge in [-0.3, -0.25) is 4.79 Å². The minimum absolute atomic E-state index is 0.0335. The minimum atomic E-state index is -3.83. The van der Waals surface area contributed by atoms with Crippen LogP contribution in [0.5, 0.6) is 0 Å². The standard InChI is InChI=1S/C11H16N2O4S/c1-2-8(7-11(14)15)13-9-5-3-4-6-10(9)18(12,16)17/h3-6,8,13H,2,7H2,1H3,(H,14,15)(H2,12,16,17). The number of hydrogen-bond acceptors (Lipinski definition) is 4. The van der Waals surface area contributed by atoms with E-state index in [0.717, 1.165) is 0 Å². The summed E-state index contributed by atoms with van der Waals surface area (Å²) in [6.45, 7) is 1.82. The number of nitrogens with one attached hydrogen (secondary N) is 1. The van der Waals surface area contributed by atoms with E-state index < -0.39 is 16.0 Å². The van der Waals surface area contributed by atoms with Gasteiger partial charge < -0.3 is 10.4 Å². The van der Waals surface area contributed by atoms with Gasteiger partial charge >= 0.3 is 5.97 Å². The molecule has 0 bridgehead atoms. The lowest BCUT2D eigenvalue weighted by Gasteiger charge is -2.18. The zero-order valence-electron chi connectivity index (χ0n) is 9.96. The molecular weight excluding hydrogens is 256 g/mol. The molecule has 0 aliphatic heterocycles. The lowest BCUT2D eigenvalue weighted by molar-refractivity contribution is -0.137. The number of aliphatic carboxylic acids is 1. The smallest absolute Gasteiger partial charge is 0.305 e. The third kappa shape index (κ3) is 4.01. The molecule has 0 spiro atoms. The third-order valence-electron chi connectivity index (χ3n) is 2.47. The van der Waals surface area contributed by atoms with Gasteiger partial charge in [0.15, 0.2) is 0 Å². The van der Waals surface area contributed by atoms with Crippen molar-refractivity contribution in [1.82, 2.24) is 0 Å². The second-order valence-corrected chi connectivity index (χ2v) is 5.42. The summed E-state index contributed by atoms with van der Waals surface area (Å²) >= 11 is 0. The van der Waals surface area contributed by atoms with E-state index in [1.54, 1.807) is 18.2 Å². The second-order valence-electron chi connectivity index (χ2n) is 3.89. The van der Waals surface area contributed by atoms with Crippen LogP contribution in [0.4, 0.5) is 5.69 Å². The molecule has 0 heterocycles. The summed E-state index contributed by atoms with van der Waals surface area (Å²) in [6, 6.07) is 5.81. The number of para-hydroxylation sites is 1. The summed E-state index contributed by atoms with van der Waals surface area (Å²) in [7, 11) is -3.83. The average molecular weight is 272 g/mol. The fourth-order valence-electron chi connectivity index (χ4n) is 1.56. The molecule has 0 aromatic heterocycles. The molecule has 6 nitrogen and oxygen atoms in total. The topological polar surface area (TPSA) is 109 Å². The minimum Gasteiger partial charge on any atom is -0.481 e. The summed E-state index contributed by atoms with van der Waals surface area (Å²) in [5, 5.41) is 16.7. The molecule has 1 atom stereocenters. The van der Waals surface area contributed by atoms with Crippen molar-refractivity contribution in [3.63, 3.8) is 0 Å². The molecule has 0 fully saturated rings. The van der Waals surface area contributed by atoms with Crippen LogP contribution < -0.4 is 10.5 Å². The number of benzene rings is 1. The van der Waals surface area contributed by atoms with Crippen LogP contribution >= 0.6 is 0 Å². The molecule has 100 valence electrons. The maximum atomic E-state index is 11.4. The Morgan fingerprint density at radius 3 is 2.56 bits per heavy atom. The highest BCUT2D eigenvalue weighted by Gasteiger charge is 2.17. The molecular formula is C11H16N2O4S. The monoisotopic (exact) mass is 272 g/mol. The van der Waals surface area contributed by atoms with E-state index in [0.29, 0.717) is 12.1 Å². The highest BCUT2D eigenvalue weighted by Crippen LogP contribution is 2.21. The van der Waals surface area contributed by atoms with Gasteiger partial charge in [-0.25, -0.2) is 13.6 Å². The summed E-state index contributed by atoms with van der Waals surface area (Å²) in [6.07, 6.45) is 0.473. The van der Waals surface area contributed by atoms with Crippen LogP contribution in [0.25, 0.3) is 0 Å². The van der Waals surface area contributed by atoms with Crippen LogP contribution in [0.2, 0.25) is 0 Å². The Bertz CT molecular complexity index is 528. The van der Waals surface area contributed by atoms with Crippen molar-refractivity contribution in [2.24, 2.45) is 5.14 Å². The van der Waals surface area contributed by atoms with Gasteiger partial charge in [-0.15, -0.1) is 0 Å². The van der Waals surface area contributed by atoms with Crippen LogP contribution in [-0.2, 0) is 14.8 Å². The van der Waals surface area contributed by atoms with E-state index >= 15 is 0 Å². The zero-order valence-corrected chi connectivity index (χ0v) is 10.8. The third-order valence-corrected chi connectivity index (χ3v) is 3.44. The predicted octanol–water partition coefficient (Wildman–Crippen LogP) is 0.999. The number of carbonyl (C=O) groups is 1. The van der Waals surface area contributed by atoms with E-state index in [2.05, 4.69) is 5.32 Å². The zero-order chi connectivity index (χ0) is 13.8. The molecule has 1 aromatic rings. The van der Waals surface area contributed by atoms with Crippen molar-refractivity contribution in [3.8, 4) is 0 Å². The molecule has 0 amide bonds. The summed E-state index contributed by atoms with van der Waals surface area (Å²) in [5.74, 6) is -0.942. The Hall–Kier alpha value is -1.60. The summed E-state index contributed by atoms with van der Waals surface area (Å²) in [5.41, 5.74) is 0.327. The van der Waals surface area contributed by atoms with Crippen molar-refractivity contribution in [2.75, 3.05) is 5.32 Å². The molecule has 1 rings (SSSR count). The normalized spacial score (nSPS) is 13.0.